The lowest BCUT2D eigenvalue weighted by atomic mass is 10.2. The zero-order valence-corrected chi connectivity index (χ0v) is 17.2. The molecule has 0 saturated carbocycles. The van der Waals surface area contributed by atoms with Gasteiger partial charge in [-0.15, -0.1) is 0 Å². The molecule has 1 heterocycles. The fraction of sp³-hybridized carbons (Fsp3) is 0.0833. The van der Waals surface area contributed by atoms with Gasteiger partial charge in [-0.3, -0.25) is 4.79 Å². The number of hydrogen-bond acceptors (Lipinski definition) is 5. The first-order valence-corrected chi connectivity index (χ1v) is 10.2. The first-order valence-electron chi connectivity index (χ1n) is 9.40. The molecule has 6 heteroatoms. The van der Waals surface area contributed by atoms with Gasteiger partial charge in [0.05, 0.1) is 17.7 Å². The van der Waals surface area contributed by atoms with Gasteiger partial charge in [-0.05, 0) is 65.4 Å². The van der Waals surface area contributed by atoms with E-state index in [1.54, 1.807) is 7.11 Å². The Bertz CT molecular complexity index is 1080. The summed E-state index contributed by atoms with van der Waals surface area (Å²) in [5, 5.41) is 3.36. The van der Waals surface area contributed by atoms with Gasteiger partial charge in [0.2, 0.25) is 0 Å². The number of ether oxygens (including phenoxy) is 2. The molecule has 1 fully saturated rings. The number of rotatable bonds is 6. The van der Waals surface area contributed by atoms with E-state index in [2.05, 4.69) is 10.3 Å². The third-order valence-corrected chi connectivity index (χ3v) is 5.29. The summed E-state index contributed by atoms with van der Waals surface area (Å²) in [6.45, 7) is 0.519. The normalized spacial score (nSPS) is 16.0. The second kappa shape index (κ2) is 9.33. The number of thioether (sulfide) groups is 1. The van der Waals surface area contributed by atoms with Crippen LogP contribution in [0.5, 0.6) is 11.5 Å². The summed E-state index contributed by atoms with van der Waals surface area (Å²) in [6, 6.07) is 25.0. The highest BCUT2D eigenvalue weighted by Gasteiger charge is 2.23. The van der Waals surface area contributed by atoms with Crippen LogP contribution in [0.15, 0.2) is 88.8 Å². The van der Waals surface area contributed by atoms with Crippen molar-refractivity contribution in [2.75, 3.05) is 7.11 Å². The summed E-state index contributed by atoms with van der Waals surface area (Å²) in [6.07, 6.45) is 1.84. The van der Waals surface area contributed by atoms with Gasteiger partial charge in [-0.1, -0.05) is 42.5 Å². The summed E-state index contributed by atoms with van der Waals surface area (Å²) >= 11 is 1.32. The van der Waals surface area contributed by atoms with Gasteiger partial charge in [0.25, 0.3) is 5.91 Å². The molecule has 0 bridgehead atoms. The second-order valence-electron chi connectivity index (χ2n) is 6.52. The standard InChI is InChI=1S/C24H20N2O3S/c1-28-20-13-9-19(10-14-20)25-24-26-23(27)22(30-24)15-17-7-11-21(12-8-17)29-16-18-5-3-2-4-6-18/h2-15H,16H2,1H3,(H,25,26,27). The van der Waals surface area contributed by atoms with Crippen molar-refractivity contribution in [3.63, 3.8) is 0 Å². The van der Waals surface area contributed by atoms with Gasteiger partial charge in [0.15, 0.2) is 5.17 Å². The molecule has 4 rings (SSSR count). The van der Waals surface area contributed by atoms with Crippen LogP contribution < -0.4 is 14.8 Å². The van der Waals surface area contributed by atoms with Gasteiger partial charge >= 0.3 is 0 Å². The molecule has 0 aliphatic carbocycles. The maximum atomic E-state index is 12.3. The highest BCUT2D eigenvalue weighted by Crippen LogP contribution is 2.29. The molecule has 0 radical (unpaired) electrons. The van der Waals surface area contributed by atoms with Crippen molar-refractivity contribution < 1.29 is 14.3 Å². The van der Waals surface area contributed by atoms with E-state index in [1.165, 1.54) is 11.8 Å². The highest BCUT2D eigenvalue weighted by atomic mass is 32.2. The van der Waals surface area contributed by atoms with Crippen LogP contribution in [-0.2, 0) is 11.4 Å². The predicted octanol–water partition coefficient (Wildman–Crippen LogP) is 5.17. The molecule has 3 aromatic rings. The highest BCUT2D eigenvalue weighted by molar-refractivity contribution is 8.18. The summed E-state index contributed by atoms with van der Waals surface area (Å²) in [5.41, 5.74) is 2.79. The number of benzene rings is 3. The van der Waals surface area contributed by atoms with Gasteiger partial charge in [-0.2, -0.15) is 0 Å². The molecule has 0 unspecified atom stereocenters. The number of hydrogen-bond donors (Lipinski definition) is 1. The molecule has 0 spiro atoms. The first kappa shape index (κ1) is 19.8. The Morgan fingerprint density at radius 2 is 1.63 bits per heavy atom. The van der Waals surface area contributed by atoms with Crippen LogP contribution in [0.25, 0.3) is 6.08 Å². The Morgan fingerprint density at radius 1 is 0.933 bits per heavy atom. The van der Waals surface area contributed by atoms with Gasteiger partial charge in [0, 0.05) is 0 Å². The van der Waals surface area contributed by atoms with Gasteiger partial charge in [-0.25, -0.2) is 4.99 Å². The largest absolute Gasteiger partial charge is 0.497 e. The average molecular weight is 417 g/mol. The topological polar surface area (TPSA) is 59.9 Å². The Labute approximate surface area is 179 Å². The number of amidine groups is 1. The number of aliphatic imine (C=N–C) groups is 1. The molecule has 5 nitrogen and oxygen atoms in total. The van der Waals surface area contributed by atoms with Crippen LogP contribution in [0.3, 0.4) is 0 Å². The minimum Gasteiger partial charge on any atom is -0.497 e. The number of nitrogens with one attached hydrogen (secondary N) is 1. The maximum Gasteiger partial charge on any atom is 0.264 e. The Balaban J connectivity index is 1.40. The molecule has 3 aromatic carbocycles. The lowest BCUT2D eigenvalue weighted by Gasteiger charge is -2.06. The van der Waals surface area contributed by atoms with Crippen molar-refractivity contribution in [2.45, 2.75) is 6.61 Å². The number of methoxy groups -OCH3 is 1. The van der Waals surface area contributed by atoms with E-state index >= 15 is 0 Å². The number of carbonyl (C=O) groups is 1. The quantitative estimate of drug-likeness (QED) is 0.564. The molecule has 1 amide bonds. The Kier molecular flexibility index (Phi) is 6.15. The van der Waals surface area contributed by atoms with Crippen LogP contribution >= 0.6 is 11.8 Å². The first-order chi connectivity index (χ1) is 14.7. The van der Waals surface area contributed by atoms with Crippen molar-refractivity contribution in [2.24, 2.45) is 4.99 Å². The van der Waals surface area contributed by atoms with E-state index in [9.17, 15) is 4.79 Å². The van der Waals surface area contributed by atoms with E-state index in [4.69, 9.17) is 9.47 Å². The molecule has 1 N–H and O–H groups in total. The minimum absolute atomic E-state index is 0.156. The average Bonchev–Trinajstić information content (AvgIpc) is 3.13. The Morgan fingerprint density at radius 3 is 2.33 bits per heavy atom. The fourth-order valence-corrected chi connectivity index (χ4v) is 3.65. The van der Waals surface area contributed by atoms with E-state index in [0.29, 0.717) is 16.7 Å². The van der Waals surface area contributed by atoms with Crippen molar-refractivity contribution in [1.82, 2.24) is 5.32 Å². The van der Waals surface area contributed by atoms with Crippen LogP contribution in [0, 0.1) is 0 Å². The van der Waals surface area contributed by atoms with Gasteiger partial charge < -0.3 is 14.8 Å². The summed E-state index contributed by atoms with van der Waals surface area (Å²) in [5.74, 6) is 1.39. The predicted molar refractivity (Wildman–Crippen MR) is 121 cm³/mol. The van der Waals surface area contributed by atoms with Crippen LogP contribution in [-0.4, -0.2) is 18.2 Å². The lowest BCUT2D eigenvalue weighted by molar-refractivity contribution is -0.115. The minimum atomic E-state index is -0.156. The van der Waals surface area contributed by atoms with Crippen LogP contribution in [0.2, 0.25) is 0 Å². The molecule has 30 heavy (non-hydrogen) atoms. The molecule has 150 valence electrons. The molecular weight excluding hydrogens is 396 g/mol. The molecule has 0 atom stereocenters. The fourth-order valence-electron chi connectivity index (χ4n) is 2.81. The van der Waals surface area contributed by atoms with E-state index in [0.717, 1.165) is 28.3 Å². The molecular formula is C24H20N2O3S. The van der Waals surface area contributed by atoms with Crippen LogP contribution in [0.1, 0.15) is 11.1 Å². The molecule has 1 saturated heterocycles. The molecule has 1 aliphatic heterocycles. The second-order valence-corrected chi connectivity index (χ2v) is 7.55. The number of amides is 1. The lowest BCUT2D eigenvalue weighted by Crippen LogP contribution is -2.19. The zero-order valence-electron chi connectivity index (χ0n) is 16.4. The summed E-state index contributed by atoms with van der Waals surface area (Å²) in [7, 11) is 1.62. The number of carbonyl (C=O) groups excluding carboxylic acids is 1. The van der Waals surface area contributed by atoms with Crippen molar-refractivity contribution in [1.29, 1.82) is 0 Å². The van der Waals surface area contributed by atoms with Gasteiger partial charge in [0.1, 0.15) is 18.1 Å². The monoisotopic (exact) mass is 416 g/mol. The smallest absolute Gasteiger partial charge is 0.264 e. The molecule has 1 aliphatic rings. The van der Waals surface area contributed by atoms with Crippen molar-refractivity contribution >= 4 is 34.6 Å². The van der Waals surface area contributed by atoms with Crippen LogP contribution in [0.4, 0.5) is 5.69 Å². The summed E-state index contributed by atoms with van der Waals surface area (Å²) in [4.78, 5) is 17.4. The maximum absolute atomic E-state index is 12.3. The van der Waals surface area contributed by atoms with Crippen molar-refractivity contribution in [3.05, 3.63) is 94.9 Å². The number of nitrogens with zero attached hydrogens (tertiary/aromatic N) is 1. The zero-order chi connectivity index (χ0) is 20.8. The SMILES string of the molecule is COc1ccc(N=C2NC(=O)C(=Cc3ccc(OCc4ccccc4)cc3)S2)cc1. The van der Waals surface area contributed by atoms with Crippen molar-refractivity contribution in [3.8, 4) is 11.5 Å². The third kappa shape index (κ3) is 5.10. The molecule has 0 aromatic heterocycles. The van der Waals surface area contributed by atoms with E-state index in [1.807, 2.05) is 84.9 Å². The van der Waals surface area contributed by atoms with E-state index in [-0.39, 0.29) is 5.91 Å². The summed E-state index contributed by atoms with van der Waals surface area (Å²) < 4.78 is 10.9. The third-order valence-electron chi connectivity index (χ3n) is 4.38. The van der Waals surface area contributed by atoms with E-state index < -0.39 is 0 Å². The Hall–Kier alpha value is -3.51.